The molecule has 1 amide bonds. The van der Waals surface area contributed by atoms with E-state index < -0.39 is 0 Å². The number of hydrogen-bond donors (Lipinski definition) is 1. The second kappa shape index (κ2) is 7.00. The smallest absolute Gasteiger partial charge is 0.255 e. The molecule has 4 nitrogen and oxygen atoms in total. The molecule has 0 aromatic heterocycles. The molecule has 2 aromatic carbocycles. The highest BCUT2D eigenvalue weighted by atomic mass is 127. The Morgan fingerprint density at radius 2 is 1.59 bits per heavy atom. The first-order chi connectivity index (χ1) is 10.5. The molecule has 0 spiro atoms. The maximum atomic E-state index is 12.4. The quantitative estimate of drug-likeness (QED) is 0.769. The van der Waals surface area contributed by atoms with Crippen molar-refractivity contribution in [1.82, 2.24) is 0 Å². The van der Waals surface area contributed by atoms with E-state index >= 15 is 0 Å². The van der Waals surface area contributed by atoms with Crippen molar-refractivity contribution in [2.45, 2.75) is 13.8 Å². The van der Waals surface area contributed by atoms with E-state index in [2.05, 4.69) is 27.9 Å². The zero-order valence-corrected chi connectivity index (χ0v) is 15.1. The van der Waals surface area contributed by atoms with E-state index in [0.717, 1.165) is 16.8 Å². The van der Waals surface area contributed by atoms with E-state index in [9.17, 15) is 4.79 Å². The first-order valence-electron chi connectivity index (χ1n) is 6.76. The number of benzene rings is 2. The third kappa shape index (κ3) is 3.52. The number of halogens is 1. The molecule has 5 heteroatoms. The van der Waals surface area contributed by atoms with Gasteiger partial charge in [-0.2, -0.15) is 0 Å². The third-order valence-corrected chi connectivity index (χ3v) is 5.04. The van der Waals surface area contributed by atoms with Gasteiger partial charge in [-0.25, -0.2) is 0 Å². The summed E-state index contributed by atoms with van der Waals surface area (Å²) in [5.41, 5.74) is 3.59. The van der Waals surface area contributed by atoms with Crippen LogP contribution in [0.5, 0.6) is 11.5 Å². The van der Waals surface area contributed by atoms with E-state index in [-0.39, 0.29) is 5.91 Å². The molecule has 0 aliphatic carbocycles. The molecule has 116 valence electrons. The molecule has 2 rings (SSSR count). The van der Waals surface area contributed by atoms with Crippen LogP contribution in [0.25, 0.3) is 0 Å². The number of hydrogen-bond acceptors (Lipinski definition) is 3. The van der Waals surface area contributed by atoms with Crippen molar-refractivity contribution in [2.24, 2.45) is 0 Å². The van der Waals surface area contributed by atoms with Crippen molar-refractivity contribution < 1.29 is 14.3 Å². The normalized spacial score (nSPS) is 10.2. The summed E-state index contributed by atoms with van der Waals surface area (Å²) in [4.78, 5) is 12.4. The Morgan fingerprint density at radius 3 is 2.14 bits per heavy atom. The van der Waals surface area contributed by atoms with Crippen LogP contribution in [0.15, 0.2) is 30.3 Å². The average Bonchev–Trinajstić information content (AvgIpc) is 2.51. The Labute approximate surface area is 144 Å². The highest BCUT2D eigenvalue weighted by Crippen LogP contribution is 2.28. The van der Waals surface area contributed by atoms with Crippen molar-refractivity contribution in [3.63, 3.8) is 0 Å². The number of aryl methyl sites for hydroxylation is 2. The number of ether oxygens (including phenoxy) is 2. The summed E-state index contributed by atoms with van der Waals surface area (Å²) in [7, 11) is 3.11. The van der Waals surface area contributed by atoms with Gasteiger partial charge in [0.1, 0.15) is 0 Å². The molecule has 0 aliphatic rings. The first kappa shape index (κ1) is 16.6. The van der Waals surface area contributed by atoms with E-state index in [1.54, 1.807) is 32.4 Å². The van der Waals surface area contributed by atoms with Gasteiger partial charge in [0.05, 0.1) is 14.2 Å². The molecule has 0 bridgehead atoms. The molecule has 22 heavy (non-hydrogen) atoms. The minimum absolute atomic E-state index is 0.180. The fourth-order valence-corrected chi connectivity index (χ4v) is 2.51. The Balaban J connectivity index is 2.26. The van der Waals surface area contributed by atoms with Crippen LogP contribution in [-0.2, 0) is 0 Å². The summed E-state index contributed by atoms with van der Waals surface area (Å²) in [5, 5.41) is 2.92. The number of nitrogens with one attached hydrogen (secondary N) is 1. The summed E-state index contributed by atoms with van der Waals surface area (Å²) < 4.78 is 11.6. The maximum Gasteiger partial charge on any atom is 0.255 e. The SMILES string of the molecule is COc1ccc(C(=O)Nc2cc(C)c(I)c(C)c2)cc1OC. The summed E-state index contributed by atoms with van der Waals surface area (Å²) in [5.74, 6) is 0.950. The maximum absolute atomic E-state index is 12.4. The van der Waals surface area contributed by atoms with Gasteiger partial charge in [0.25, 0.3) is 5.91 Å². The molecule has 0 fully saturated rings. The van der Waals surface area contributed by atoms with Gasteiger partial charge in [0.2, 0.25) is 0 Å². The molecule has 0 heterocycles. The first-order valence-corrected chi connectivity index (χ1v) is 7.84. The lowest BCUT2D eigenvalue weighted by atomic mass is 10.1. The Bertz CT molecular complexity index is 690. The fourth-order valence-electron chi connectivity index (χ4n) is 2.20. The van der Waals surface area contributed by atoms with Crippen LogP contribution in [0.3, 0.4) is 0 Å². The Hall–Kier alpha value is -1.76. The van der Waals surface area contributed by atoms with Crippen molar-refractivity contribution in [2.75, 3.05) is 19.5 Å². The molecular formula is C17H18INO3. The zero-order valence-electron chi connectivity index (χ0n) is 13.0. The lowest BCUT2D eigenvalue weighted by Gasteiger charge is -2.12. The van der Waals surface area contributed by atoms with Gasteiger partial charge >= 0.3 is 0 Å². The van der Waals surface area contributed by atoms with Crippen LogP contribution >= 0.6 is 22.6 Å². The molecule has 0 radical (unpaired) electrons. The minimum Gasteiger partial charge on any atom is -0.493 e. The van der Waals surface area contributed by atoms with Gasteiger partial charge in [0.15, 0.2) is 11.5 Å². The molecule has 0 atom stereocenters. The second-order valence-electron chi connectivity index (χ2n) is 4.95. The van der Waals surface area contributed by atoms with Crippen molar-refractivity contribution in [3.05, 3.63) is 50.6 Å². The number of amides is 1. The minimum atomic E-state index is -0.180. The van der Waals surface area contributed by atoms with Crippen LogP contribution < -0.4 is 14.8 Å². The van der Waals surface area contributed by atoms with E-state index in [4.69, 9.17) is 9.47 Å². The van der Waals surface area contributed by atoms with Crippen LogP contribution in [0, 0.1) is 17.4 Å². The molecule has 0 saturated heterocycles. The van der Waals surface area contributed by atoms with E-state index in [1.165, 1.54) is 3.57 Å². The standard InChI is InChI=1S/C17H18INO3/c1-10-7-13(8-11(2)16(10)18)19-17(20)12-5-6-14(21-3)15(9-12)22-4/h5-9H,1-4H3,(H,19,20). The molecular weight excluding hydrogens is 393 g/mol. The number of rotatable bonds is 4. The number of carbonyl (C=O) groups excluding carboxylic acids is 1. The number of methoxy groups -OCH3 is 2. The zero-order chi connectivity index (χ0) is 16.3. The Kier molecular flexibility index (Phi) is 5.28. The van der Waals surface area contributed by atoms with Crippen molar-refractivity contribution >= 4 is 34.2 Å². The molecule has 0 aliphatic heterocycles. The van der Waals surface area contributed by atoms with Gasteiger partial charge in [-0.1, -0.05) is 0 Å². The average molecular weight is 411 g/mol. The Morgan fingerprint density at radius 1 is 1.00 bits per heavy atom. The van der Waals surface area contributed by atoms with Crippen LogP contribution in [0.1, 0.15) is 21.5 Å². The van der Waals surface area contributed by atoms with E-state index in [1.807, 2.05) is 26.0 Å². The summed E-state index contributed by atoms with van der Waals surface area (Å²) in [6.07, 6.45) is 0. The van der Waals surface area contributed by atoms with Crippen LogP contribution in [0.2, 0.25) is 0 Å². The van der Waals surface area contributed by atoms with Crippen LogP contribution in [0.4, 0.5) is 5.69 Å². The topological polar surface area (TPSA) is 47.6 Å². The predicted molar refractivity (Wildman–Crippen MR) is 96.1 cm³/mol. The van der Waals surface area contributed by atoms with E-state index in [0.29, 0.717) is 17.1 Å². The molecule has 2 aromatic rings. The van der Waals surface area contributed by atoms with Crippen LogP contribution in [-0.4, -0.2) is 20.1 Å². The second-order valence-corrected chi connectivity index (χ2v) is 6.03. The molecule has 0 unspecified atom stereocenters. The summed E-state index contributed by atoms with van der Waals surface area (Å²) in [6, 6.07) is 9.03. The lowest BCUT2D eigenvalue weighted by molar-refractivity contribution is 0.102. The van der Waals surface area contributed by atoms with Gasteiger partial charge < -0.3 is 14.8 Å². The summed E-state index contributed by atoms with van der Waals surface area (Å²) in [6.45, 7) is 4.06. The van der Waals surface area contributed by atoms with Gasteiger partial charge in [-0.3, -0.25) is 4.79 Å². The van der Waals surface area contributed by atoms with Gasteiger partial charge in [-0.15, -0.1) is 0 Å². The monoisotopic (exact) mass is 411 g/mol. The van der Waals surface area contributed by atoms with Gasteiger partial charge in [0, 0.05) is 14.8 Å². The molecule has 1 N–H and O–H groups in total. The largest absolute Gasteiger partial charge is 0.493 e. The highest BCUT2D eigenvalue weighted by Gasteiger charge is 2.12. The summed E-state index contributed by atoms with van der Waals surface area (Å²) >= 11 is 2.30. The van der Waals surface area contributed by atoms with Crippen molar-refractivity contribution in [3.8, 4) is 11.5 Å². The highest BCUT2D eigenvalue weighted by molar-refractivity contribution is 14.1. The number of anilines is 1. The number of carbonyl (C=O) groups is 1. The predicted octanol–water partition coefficient (Wildman–Crippen LogP) is 4.18. The fraction of sp³-hybridized carbons (Fsp3) is 0.235. The third-order valence-electron chi connectivity index (χ3n) is 3.34. The van der Waals surface area contributed by atoms with Gasteiger partial charge in [-0.05, 0) is 77.9 Å². The van der Waals surface area contributed by atoms with Crippen molar-refractivity contribution in [1.29, 1.82) is 0 Å². The lowest BCUT2D eigenvalue weighted by Crippen LogP contribution is -2.12. The molecule has 0 saturated carbocycles.